The van der Waals surface area contributed by atoms with Crippen molar-refractivity contribution < 1.29 is 23.9 Å². The van der Waals surface area contributed by atoms with Crippen molar-refractivity contribution >= 4 is 28.7 Å². The Labute approximate surface area is 159 Å². The molecule has 7 nitrogen and oxygen atoms in total. The Morgan fingerprint density at radius 2 is 1.86 bits per heavy atom. The molecule has 0 saturated carbocycles. The number of carboxylic acid groups (broad SMARTS) is 1. The third-order valence-electron chi connectivity index (χ3n) is 4.20. The van der Waals surface area contributed by atoms with Crippen LogP contribution in [0.25, 0.3) is 11.0 Å². The lowest BCUT2D eigenvalue weighted by atomic mass is 10.1. The van der Waals surface area contributed by atoms with E-state index in [9.17, 15) is 23.9 Å². The van der Waals surface area contributed by atoms with Crippen LogP contribution in [-0.4, -0.2) is 38.8 Å². The van der Waals surface area contributed by atoms with Crippen molar-refractivity contribution in [2.24, 2.45) is 0 Å². The molecule has 1 aromatic heterocycles. The summed E-state index contributed by atoms with van der Waals surface area (Å²) in [5.74, 6) is -2.09. The predicted molar refractivity (Wildman–Crippen MR) is 99.3 cm³/mol. The van der Waals surface area contributed by atoms with Gasteiger partial charge in [0.05, 0.1) is 11.0 Å². The molecule has 3 rings (SSSR count). The average Bonchev–Trinajstić information content (AvgIpc) is 3.07. The van der Waals surface area contributed by atoms with Gasteiger partial charge in [0.25, 0.3) is 0 Å². The Kier molecular flexibility index (Phi) is 5.78. The summed E-state index contributed by atoms with van der Waals surface area (Å²) in [6.07, 6.45) is -0.237. The second-order valence-corrected chi connectivity index (χ2v) is 6.30. The van der Waals surface area contributed by atoms with Gasteiger partial charge in [-0.3, -0.25) is 9.59 Å². The smallest absolute Gasteiger partial charge is 0.326 e. The van der Waals surface area contributed by atoms with Crippen molar-refractivity contribution in [3.05, 3.63) is 65.7 Å². The van der Waals surface area contributed by atoms with E-state index in [1.165, 1.54) is 18.2 Å². The number of nitrogens with one attached hydrogen (secondary N) is 2. The summed E-state index contributed by atoms with van der Waals surface area (Å²) in [5, 5.41) is 11.8. The van der Waals surface area contributed by atoms with Crippen LogP contribution in [0.2, 0.25) is 0 Å². The van der Waals surface area contributed by atoms with Gasteiger partial charge in [-0.1, -0.05) is 30.3 Å². The number of ketones is 1. The fraction of sp³-hybridized carbons (Fsp3) is 0.200. The molecule has 28 heavy (non-hydrogen) atoms. The highest BCUT2D eigenvalue weighted by Crippen LogP contribution is 2.14. The van der Waals surface area contributed by atoms with E-state index in [0.717, 1.165) is 0 Å². The van der Waals surface area contributed by atoms with E-state index in [1.807, 2.05) is 0 Å². The third kappa shape index (κ3) is 4.79. The summed E-state index contributed by atoms with van der Waals surface area (Å²) < 4.78 is 13.3. The molecule has 0 aliphatic rings. The van der Waals surface area contributed by atoms with E-state index in [2.05, 4.69) is 15.3 Å². The third-order valence-corrected chi connectivity index (χ3v) is 4.20. The predicted octanol–water partition coefficient (Wildman–Crippen LogP) is 2.48. The minimum Gasteiger partial charge on any atom is -0.480 e. The topological polar surface area (TPSA) is 112 Å². The van der Waals surface area contributed by atoms with Gasteiger partial charge in [0, 0.05) is 24.8 Å². The van der Waals surface area contributed by atoms with Crippen molar-refractivity contribution in [3.63, 3.8) is 0 Å². The number of nitrogens with zero attached hydrogens (tertiary/aromatic N) is 1. The van der Waals surface area contributed by atoms with Crippen LogP contribution in [-0.2, 0) is 16.0 Å². The van der Waals surface area contributed by atoms with E-state index in [0.29, 0.717) is 22.4 Å². The number of Topliss-reactive ketones (excluding diaryl/α,β-unsaturated/α-hetero) is 1. The molecule has 2 aromatic carbocycles. The molecule has 0 saturated heterocycles. The van der Waals surface area contributed by atoms with Crippen molar-refractivity contribution in [2.45, 2.75) is 25.3 Å². The van der Waals surface area contributed by atoms with Crippen LogP contribution in [0.3, 0.4) is 0 Å². The maximum atomic E-state index is 13.3. The molecule has 3 N–H and O–H groups in total. The number of carbonyl (C=O) groups is 3. The van der Waals surface area contributed by atoms with Crippen LogP contribution in [0.5, 0.6) is 0 Å². The molecule has 0 radical (unpaired) electrons. The van der Waals surface area contributed by atoms with E-state index in [4.69, 9.17) is 0 Å². The molecule has 0 bridgehead atoms. The summed E-state index contributed by atoms with van der Waals surface area (Å²) in [5.41, 5.74) is 1.44. The fourth-order valence-corrected chi connectivity index (χ4v) is 2.79. The van der Waals surface area contributed by atoms with Crippen molar-refractivity contribution in [3.8, 4) is 0 Å². The zero-order valence-corrected chi connectivity index (χ0v) is 14.8. The first-order valence-electron chi connectivity index (χ1n) is 8.67. The minimum atomic E-state index is -1.23. The lowest BCUT2D eigenvalue weighted by molar-refractivity contribution is -0.141. The summed E-state index contributed by atoms with van der Waals surface area (Å²) in [7, 11) is 0. The van der Waals surface area contributed by atoms with Gasteiger partial charge in [-0.15, -0.1) is 0 Å². The normalized spacial score (nSPS) is 11.9. The number of hydrogen-bond acceptors (Lipinski definition) is 4. The number of benzene rings is 2. The van der Waals surface area contributed by atoms with Crippen molar-refractivity contribution in [1.29, 1.82) is 0 Å². The van der Waals surface area contributed by atoms with Crippen LogP contribution < -0.4 is 5.32 Å². The molecule has 1 amide bonds. The number of halogens is 1. The number of H-pyrrole nitrogens is 1. The zero-order valence-electron chi connectivity index (χ0n) is 14.8. The van der Waals surface area contributed by atoms with E-state index >= 15 is 0 Å². The lowest BCUT2D eigenvalue weighted by Crippen LogP contribution is -2.42. The highest BCUT2D eigenvalue weighted by Gasteiger charge is 2.22. The van der Waals surface area contributed by atoms with E-state index in [-0.39, 0.29) is 25.0 Å². The average molecular weight is 383 g/mol. The quantitative estimate of drug-likeness (QED) is 0.518. The monoisotopic (exact) mass is 383 g/mol. The fourth-order valence-electron chi connectivity index (χ4n) is 2.79. The van der Waals surface area contributed by atoms with Gasteiger partial charge in [-0.2, -0.15) is 0 Å². The SMILES string of the molecule is O=C(CCC(=O)c1ccccc1)N[C@H](Cc1nc2ccc(F)cc2[nH]1)C(=O)O. The molecule has 144 valence electrons. The van der Waals surface area contributed by atoms with Crippen LogP contribution in [0.1, 0.15) is 29.0 Å². The summed E-state index contributed by atoms with van der Waals surface area (Å²) >= 11 is 0. The number of aromatic nitrogens is 2. The van der Waals surface area contributed by atoms with Gasteiger partial charge in [0.2, 0.25) is 5.91 Å². The van der Waals surface area contributed by atoms with Gasteiger partial charge in [-0.05, 0) is 18.2 Å². The number of rotatable bonds is 8. The Bertz CT molecular complexity index is 1020. The van der Waals surface area contributed by atoms with Crippen LogP contribution >= 0.6 is 0 Å². The number of aliphatic carboxylic acids is 1. The van der Waals surface area contributed by atoms with Crippen molar-refractivity contribution in [2.75, 3.05) is 0 Å². The van der Waals surface area contributed by atoms with Crippen LogP contribution in [0.15, 0.2) is 48.5 Å². The summed E-state index contributed by atoms with van der Waals surface area (Å²) in [6, 6.07) is 11.3. The van der Waals surface area contributed by atoms with Gasteiger partial charge < -0.3 is 15.4 Å². The Balaban J connectivity index is 1.59. The second kappa shape index (κ2) is 8.43. The number of amides is 1. The van der Waals surface area contributed by atoms with Crippen molar-refractivity contribution in [1.82, 2.24) is 15.3 Å². The largest absolute Gasteiger partial charge is 0.480 e. The lowest BCUT2D eigenvalue weighted by Gasteiger charge is -2.13. The van der Waals surface area contributed by atoms with Gasteiger partial charge in [-0.25, -0.2) is 14.2 Å². The number of imidazole rings is 1. The second-order valence-electron chi connectivity index (χ2n) is 6.30. The molecule has 3 aromatic rings. The Morgan fingerprint density at radius 3 is 2.57 bits per heavy atom. The minimum absolute atomic E-state index is 0.0217. The van der Waals surface area contributed by atoms with Gasteiger partial charge in [0.1, 0.15) is 17.7 Å². The van der Waals surface area contributed by atoms with Crippen LogP contribution in [0, 0.1) is 5.82 Å². The van der Waals surface area contributed by atoms with Crippen LogP contribution in [0.4, 0.5) is 4.39 Å². The molecule has 1 atom stereocenters. The summed E-state index contributed by atoms with van der Waals surface area (Å²) in [6.45, 7) is 0. The first-order valence-corrected chi connectivity index (χ1v) is 8.67. The molecular weight excluding hydrogens is 365 g/mol. The number of fused-ring (bicyclic) bond motifs is 1. The maximum absolute atomic E-state index is 13.3. The standard InChI is InChI=1S/C20H18FN3O4/c21-13-6-7-14-15(10-13)23-18(22-14)11-16(20(27)28)24-19(26)9-8-17(25)12-4-2-1-3-5-12/h1-7,10,16H,8-9,11H2,(H,22,23)(H,24,26)(H,27,28)/t16-/m1/s1. The number of aromatic amines is 1. The maximum Gasteiger partial charge on any atom is 0.326 e. The number of carboxylic acids is 1. The molecule has 0 spiro atoms. The highest BCUT2D eigenvalue weighted by atomic mass is 19.1. The molecule has 1 heterocycles. The molecule has 0 fully saturated rings. The van der Waals surface area contributed by atoms with E-state index < -0.39 is 23.7 Å². The Hall–Kier alpha value is -3.55. The first kappa shape index (κ1) is 19.2. The van der Waals surface area contributed by atoms with Gasteiger partial charge >= 0.3 is 5.97 Å². The number of carbonyl (C=O) groups excluding carboxylic acids is 2. The molecule has 0 aliphatic carbocycles. The number of hydrogen-bond donors (Lipinski definition) is 3. The highest BCUT2D eigenvalue weighted by molar-refractivity contribution is 5.98. The first-order chi connectivity index (χ1) is 13.4. The molecule has 8 heteroatoms. The Morgan fingerprint density at radius 1 is 1.11 bits per heavy atom. The molecule has 0 unspecified atom stereocenters. The van der Waals surface area contributed by atoms with E-state index in [1.54, 1.807) is 30.3 Å². The summed E-state index contributed by atoms with van der Waals surface area (Å²) in [4.78, 5) is 42.7. The van der Waals surface area contributed by atoms with Gasteiger partial charge in [0.15, 0.2) is 5.78 Å². The zero-order chi connectivity index (χ0) is 20.1. The molecule has 0 aliphatic heterocycles. The molecular formula is C20H18FN3O4.